The second kappa shape index (κ2) is 1.10. The Labute approximate surface area is 42.4 Å². The van der Waals surface area contributed by atoms with Crippen molar-refractivity contribution in [2.45, 2.75) is 0 Å². The van der Waals surface area contributed by atoms with E-state index in [-0.39, 0.29) is 0 Å². The monoisotopic (exact) mass is 128 g/mol. The van der Waals surface area contributed by atoms with E-state index >= 15 is 0 Å². The first-order valence-corrected chi connectivity index (χ1v) is 5.68. The number of rotatable bonds is 0. The molecule has 0 atom stereocenters. The number of thiol groups is 1. The Bertz CT molecular complexity index is 44.7. The van der Waals surface area contributed by atoms with Crippen molar-refractivity contribution in [3.05, 3.63) is 0 Å². The van der Waals surface area contributed by atoms with Crippen LogP contribution in [0.15, 0.2) is 0 Å². The van der Waals surface area contributed by atoms with Gasteiger partial charge in [0.05, 0.1) is 0 Å². The molecule has 0 unspecified atom stereocenters. The second-order valence-electron chi connectivity index (χ2n) is 1.92. The molecule has 6 heavy (non-hydrogen) atoms. The third kappa shape index (κ3) is 131. The summed E-state index contributed by atoms with van der Waals surface area (Å²) in [5.74, 6) is 0. The molecule has 0 fully saturated rings. The molecule has 4 heteroatoms. The summed E-state index contributed by atoms with van der Waals surface area (Å²) in [4.78, 5) is 17.1. The van der Waals surface area contributed by atoms with Crippen LogP contribution in [0.2, 0.25) is 0 Å². The molecule has 0 spiro atoms. The van der Waals surface area contributed by atoms with Gasteiger partial charge < -0.3 is 0 Å². The van der Waals surface area contributed by atoms with Crippen LogP contribution in [-0.4, -0.2) is 23.1 Å². The van der Waals surface area contributed by atoms with Crippen LogP contribution in [-0.2, 0) is 0 Å². The molecule has 0 saturated heterocycles. The predicted molar refractivity (Wildman–Crippen MR) is 32.2 cm³/mol. The number of hydrogen-bond acceptors (Lipinski definition) is 3. The maximum atomic E-state index is 8.54. The van der Waals surface area contributed by atoms with Crippen LogP contribution in [0.4, 0.5) is 0 Å². The van der Waals surface area contributed by atoms with Gasteiger partial charge in [0.15, 0.2) is 0 Å². The Morgan fingerprint density at radius 2 is 1.33 bits per heavy atom. The van der Waals surface area contributed by atoms with Crippen molar-refractivity contribution in [1.29, 1.82) is 0 Å². The molecule has 0 aliphatic carbocycles. The summed E-state index contributed by atoms with van der Waals surface area (Å²) < 4.78 is 0. The zero-order valence-corrected chi connectivity index (χ0v) is 5.58. The molecular formula is C2H9O2PS. The van der Waals surface area contributed by atoms with Crippen LogP contribution in [0.5, 0.6) is 0 Å². The summed E-state index contributed by atoms with van der Waals surface area (Å²) in [7, 11) is 0. The predicted octanol–water partition coefficient (Wildman–Crippen LogP) is 0.459. The van der Waals surface area contributed by atoms with Gasteiger partial charge in [-0.05, 0) is 0 Å². The first-order chi connectivity index (χ1) is 2.24. The van der Waals surface area contributed by atoms with Crippen molar-refractivity contribution in [3.8, 4) is 0 Å². The standard InChI is InChI=1S/C2H9O2PS/c1-5(2,3,4)6/h3-4,6H,1-2H3. The van der Waals surface area contributed by atoms with E-state index in [4.69, 9.17) is 9.79 Å². The molecule has 0 aliphatic rings. The van der Waals surface area contributed by atoms with Crippen molar-refractivity contribution in [1.82, 2.24) is 0 Å². The minimum atomic E-state index is -3.36. The first kappa shape index (κ1) is 6.70. The molecule has 40 valence electrons. The molecule has 2 nitrogen and oxygen atoms in total. The van der Waals surface area contributed by atoms with Crippen LogP contribution in [0, 0.1) is 0 Å². The number of hydrogen-bond donors (Lipinski definition) is 3. The van der Waals surface area contributed by atoms with Crippen LogP contribution in [0.1, 0.15) is 0 Å². The fourth-order valence-electron chi connectivity index (χ4n) is 0. The third-order valence-corrected chi connectivity index (χ3v) is 0. The van der Waals surface area contributed by atoms with Crippen LogP contribution >= 0.6 is 18.5 Å². The molecule has 0 radical (unpaired) electrons. The van der Waals surface area contributed by atoms with Crippen molar-refractivity contribution in [2.24, 2.45) is 0 Å². The Balaban J connectivity index is 3.73. The van der Waals surface area contributed by atoms with Crippen molar-refractivity contribution < 1.29 is 9.79 Å². The Hall–Kier alpha value is 0.700. The van der Waals surface area contributed by atoms with Crippen LogP contribution in [0.3, 0.4) is 0 Å². The van der Waals surface area contributed by atoms with E-state index in [1.54, 1.807) is 0 Å². The summed E-state index contributed by atoms with van der Waals surface area (Å²) in [6, 6.07) is 0. The van der Waals surface area contributed by atoms with Gasteiger partial charge in [-0.25, -0.2) is 0 Å². The average Bonchev–Trinajstić information content (AvgIpc) is 0.650. The molecule has 0 amide bonds. The van der Waals surface area contributed by atoms with Gasteiger partial charge in [-0.3, -0.25) is 0 Å². The summed E-state index contributed by atoms with van der Waals surface area (Å²) in [5, 5.41) is 0. The molecule has 0 aliphatic heterocycles. The molecular weight excluding hydrogens is 119 g/mol. The fourth-order valence-corrected chi connectivity index (χ4v) is 0. The zero-order chi connectivity index (χ0) is 5.45. The molecule has 2 N–H and O–H groups in total. The maximum absolute atomic E-state index is 8.54. The van der Waals surface area contributed by atoms with Gasteiger partial charge in [0.1, 0.15) is 0 Å². The molecule has 0 heterocycles. The van der Waals surface area contributed by atoms with E-state index in [2.05, 4.69) is 12.2 Å². The zero-order valence-electron chi connectivity index (χ0n) is 3.79. The molecule has 0 bridgehead atoms. The van der Waals surface area contributed by atoms with Gasteiger partial charge in [-0.15, -0.1) is 0 Å². The summed E-state index contributed by atoms with van der Waals surface area (Å²) in [5.41, 5.74) is 0. The SMILES string of the molecule is CP(C)(O)(O)S. The van der Waals surface area contributed by atoms with E-state index < -0.39 is 6.26 Å². The van der Waals surface area contributed by atoms with E-state index in [0.717, 1.165) is 0 Å². The van der Waals surface area contributed by atoms with Crippen LogP contribution < -0.4 is 0 Å². The third-order valence-electron chi connectivity index (χ3n) is 0. The van der Waals surface area contributed by atoms with Gasteiger partial charge >= 0.3 is 41.6 Å². The van der Waals surface area contributed by atoms with Gasteiger partial charge in [-0.2, -0.15) is 0 Å². The Morgan fingerprint density at radius 1 is 1.33 bits per heavy atom. The summed E-state index contributed by atoms with van der Waals surface area (Å²) >= 11 is 3.52. The van der Waals surface area contributed by atoms with Gasteiger partial charge in [0, 0.05) is 0 Å². The molecule has 0 rings (SSSR count). The van der Waals surface area contributed by atoms with E-state index in [1.807, 2.05) is 0 Å². The van der Waals surface area contributed by atoms with Crippen LogP contribution in [0.25, 0.3) is 0 Å². The molecule has 0 aromatic heterocycles. The average molecular weight is 128 g/mol. The second-order valence-corrected chi connectivity index (χ2v) is 9.22. The van der Waals surface area contributed by atoms with Gasteiger partial charge in [-0.1, -0.05) is 0 Å². The van der Waals surface area contributed by atoms with E-state index in [9.17, 15) is 0 Å². The molecule has 0 saturated carbocycles. The first-order valence-electron chi connectivity index (χ1n) is 1.49. The van der Waals surface area contributed by atoms with E-state index in [0.29, 0.717) is 0 Å². The molecule has 0 aromatic carbocycles. The minimum absolute atomic E-state index is 1.31. The Kier molecular flexibility index (Phi) is 1.23. The van der Waals surface area contributed by atoms with Crippen molar-refractivity contribution >= 4 is 18.5 Å². The van der Waals surface area contributed by atoms with Crippen molar-refractivity contribution in [2.75, 3.05) is 13.3 Å². The fraction of sp³-hybridized carbons (Fsp3) is 1.00. The van der Waals surface area contributed by atoms with Gasteiger partial charge in [0.2, 0.25) is 0 Å². The quantitative estimate of drug-likeness (QED) is 0.327. The summed E-state index contributed by atoms with van der Waals surface area (Å²) in [6.07, 6.45) is -3.36. The van der Waals surface area contributed by atoms with Gasteiger partial charge in [0.25, 0.3) is 0 Å². The topological polar surface area (TPSA) is 40.5 Å². The van der Waals surface area contributed by atoms with Crippen molar-refractivity contribution in [3.63, 3.8) is 0 Å². The van der Waals surface area contributed by atoms with E-state index in [1.165, 1.54) is 13.3 Å². The Morgan fingerprint density at radius 3 is 1.33 bits per heavy atom. The normalized spacial score (nSPS) is 19.2. The molecule has 0 aromatic rings. The summed E-state index contributed by atoms with van der Waals surface area (Å²) in [6.45, 7) is 2.63.